The molecule has 7 nitrogen and oxygen atoms in total. The van der Waals surface area contributed by atoms with Gasteiger partial charge in [0.15, 0.2) is 11.5 Å². The summed E-state index contributed by atoms with van der Waals surface area (Å²) in [6.45, 7) is 6.21. The molecule has 2 heterocycles. The van der Waals surface area contributed by atoms with Crippen molar-refractivity contribution in [2.75, 3.05) is 13.2 Å². The molecule has 0 spiro atoms. The summed E-state index contributed by atoms with van der Waals surface area (Å²) in [7, 11) is 0. The van der Waals surface area contributed by atoms with Gasteiger partial charge in [-0.15, -0.1) is 0 Å². The summed E-state index contributed by atoms with van der Waals surface area (Å²) in [4.78, 5) is 28.9. The third-order valence-electron chi connectivity index (χ3n) is 6.14. The number of hydrogen-bond donors (Lipinski definition) is 1. The highest BCUT2D eigenvalue weighted by Gasteiger charge is 2.82. The molecule has 1 aliphatic carbocycles. The van der Waals surface area contributed by atoms with Crippen molar-refractivity contribution in [3.63, 3.8) is 0 Å². The van der Waals surface area contributed by atoms with Crippen molar-refractivity contribution in [1.29, 1.82) is 5.26 Å². The number of allylic oxidation sites excluding steroid dienone is 1. The van der Waals surface area contributed by atoms with Gasteiger partial charge in [-0.05, 0) is 20.3 Å². The number of carbonyl (C=O) groups is 2. The Labute approximate surface area is 163 Å². The van der Waals surface area contributed by atoms with E-state index in [-0.39, 0.29) is 18.0 Å². The molecule has 2 aliphatic heterocycles. The Morgan fingerprint density at radius 3 is 2.75 bits per heavy atom. The molecule has 146 valence electrons. The Balaban J connectivity index is 2.11. The molecule has 2 N–H and O–H groups in total. The molecule has 0 bridgehead atoms. The number of nitrogens with two attached hydrogens (primary N) is 1. The molecule has 2 unspecified atom stereocenters. The Morgan fingerprint density at radius 1 is 1.39 bits per heavy atom. The maximum absolute atomic E-state index is 13.9. The molecule has 4 atom stereocenters. The van der Waals surface area contributed by atoms with E-state index in [0.29, 0.717) is 23.4 Å². The highest BCUT2D eigenvalue weighted by atomic mass is 16.6. The summed E-state index contributed by atoms with van der Waals surface area (Å²) in [5, 5.41) is 10.00. The molecule has 0 amide bonds. The van der Waals surface area contributed by atoms with Crippen LogP contribution in [0.2, 0.25) is 0 Å². The average Bonchev–Trinajstić information content (AvgIpc) is 3.14. The maximum atomic E-state index is 13.9. The first kappa shape index (κ1) is 18.7. The van der Waals surface area contributed by atoms with Gasteiger partial charge in [0, 0.05) is 23.4 Å². The zero-order chi connectivity index (χ0) is 20.3. The number of nitriles is 1. The maximum Gasteiger partial charge on any atom is 0.337 e. The van der Waals surface area contributed by atoms with E-state index in [1.165, 1.54) is 0 Å². The normalized spacial score (nSPS) is 32.8. The smallest absolute Gasteiger partial charge is 0.337 e. The minimum atomic E-state index is -1.53. The van der Waals surface area contributed by atoms with Gasteiger partial charge in [0.2, 0.25) is 0 Å². The number of ketones is 1. The largest absolute Gasteiger partial charge is 0.463 e. The molecule has 0 radical (unpaired) electrons. The number of ether oxygens (including phenoxy) is 2. The zero-order valence-electron chi connectivity index (χ0n) is 16.2. The Kier molecular flexibility index (Phi) is 4.11. The summed E-state index contributed by atoms with van der Waals surface area (Å²) in [5.74, 6) is -1.91. The lowest BCUT2D eigenvalue weighted by Crippen LogP contribution is -2.52. The molecule has 7 heteroatoms. The second-order valence-corrected chi connectivity index (χ2v) is 7.35. The topological polar surface area (TPSA) is 106 Å². The average molecular weight is 381 g/mol. The molecular formula is C21H23N3O4. The first-order valence-electron chi connectivity index (χ1n) is 9.56. The number of esters is 1. The second kappa shape index (κ2) is 6.16. The standard InChI is InChI=1S/C21H23N3O4/c1-4-10-24-12(3)16(19(26)27-5-2)20-15(11-22)18(23)28-21(20,24)14-9-7-6-8-13(14)17(20)25/h6-9,15,18H,4-5,10,23H2,1-3H3/t15?,18?,20-,21-/m1/s1. The van der Waals surface area contributed by atoms with Crippen molar-refractivity contribution in [2.24, 2.45) is 17.1 Å². The van der Waals surface area contributed by atoms with Gasteiger partial charge < -0.3 is 20.1 Å². The van der Waals surface area contributed by atoms with Crippen LogP contribution in [0.3, 0.4) is 0 Å². The number of Topliss-reactive ketones (excluding diaryl/α,β-unsaturated/α-hetero) is 1. The number of benzene rings is 1. The van der Waals surface area contributed by atoms with Crippen molar-refractivity contribution in [3.05, 3.63) is 46.7 Å². The highest BCUT2D eigenvalue weighted by molar-refractivity contribution is 6.15. The first-order chi connectivity index (χ1) is 13.4. The van der Waals surface area contributed by atoms with Gasteiger partial charge in [0.05, 0.1) is 18.2 Å². The highest BCUT2D eigenvalue weighted by Crippen LogP contribution is 2.70. The van der Waals surface area contributed by atoms with E-state index >= 15 is 0 Å². The van der Waals surface area contributed by atoms with Crippen LogP contribution in [-0.4, -0.2) is 36.0 Å². The van der Waals surface area contributed by atoms with Gasteiger partial charge >= 0.3 is 5.97 Å². The second-order valence-electron chi connectivity index (χ2n) is 7.35. The monoisotopic (exact) mass is 381 g/mol. The SMILES string of the molecule is CCCN1C(C)=C(C(=O)OCC)[C@]23C(=O)c4ccccc4[C@]12OC(N)C3C#N. The number of fused-ring (bicyclic) bond motifs is 1. The summed E-state index contributed by atoms with van der Waals surface area (Å²) >= 11 is 0. The number of carbonyl (C=O) groups excluding carboxylic acids is 2. The first-order valence-corrected chi connectivity index (χ1v) is 9.56. The molecule has 0 aromatic heterocycles. The van der Waals surface area contributed by atoms with Crippen LogP contribution < -0.4 is 5.73 Å². The van der Waals surface area contributed by atoms with Crippen molar-refractivity contribution in [3.8, 4) is 6.07 Å². The number of hydrogen-bond acceptors (Lipinski definition) is 7. The van der Waals surface area contributed by atoms with Gasteiger partial charge in [-0.25, -0.2) is 4.79 Å². The molecule has 1 saturated heterocycles. The predicted octanol–water partition coefficient (Wildman–Crippen LogP) is 2.04. The van der Waals surface area contributed by atoms with Gasteiger partial charge in [-0.2, -0.15) is 5.26 Å². The third-order valence-corrected chi connectivity index (χ3v) is 6.14. The molecule has 4 rings (SSSR count). The van der Waals surface area contributed by atoms with Crippen LogP contribution in [0.15, 0.2) is 35.5 Å². The molecule has 0 saturated carbocycles. The summed E-state index contributed by atoms with van der Waals surface area (Å²) < 4.78 is 11.6. The van der Waals surface area contributed by atoms with Crippen molar-refractivity contribution in [2.45, 2.75) is 39.1 Å². The van der Waals surface area contributed by atoms with E-state index < -0.39 is 29.3 Å². The summed E-state index contributed by atoms with van der Waals surface area (Å²) in [6, 6.07) is 9.32. The van der Waals surface area contributed by atoms with Crippen LogP contribution in [0.5, 0.6) is 0 Å². The fraction of sp³-hybridized carbons (Fsp3) is 0.476. The Bertz CT molecular complexity index is 949. The summed E-state index contributed by atoms with van der Waals surface area (Å²) in [5.41, 5.74) is 5.31. The van der Waals surface area contributed by atoms with Gasteiger partial charge in [0.25, 0.3) is 0 Å². The van der Waals surface area contributed by atoms with Gasteiger partial charge in [-0.3, -0.25) is 4.79 Å². The molecule has 28 heavy (non-hydrogen) atoms. The molecular weight excluding hydrogens is 358 g/mol. The summed E-state index contributed by atoms with van der Waals surface area (Å²) in [6.07, 6.45) is -0.239. The van der Waals surface area contributed by atoms with E-state index in [0.717, 1.165) is 6.42 Å². The van der Waals surface area contributed by atoms with Crippen LogP contribution >= 0.6 is 0 Å². The molecule has 1 aromatic rings. The number of nitrogens with zero attached hydrogens (tertiary/aromatic N) is 2. The Hall–Kier alpha value is -2.69. The fourth-order valence-corrected chi connectivity index (χ4v) is 5.32. The molecule has 1 fully saturated rings. The fourth-order valence-electron chi connectivity index (χ4n) is 5.32. The van der Waals surface area contributed by atoms with Crippen molar-refractivity contribution >= 4 is 11.8 Å². The van der Waals surface area contributed by atoms with Crippen LogP contribution in [0.1, 0.15) is 43.1 Å². The van der Waals surface area contributed by atoms with E-state index in [4.69, 9.17) is 15.2 Å². The van der Waals surface area contributed by atoms with E-state index in [2.05, 4.69) is 6.07 Å². The van der Waals surface area contributed by atoms with E-state index in [1.54, 1.807) is 26.0 Å². The lowest BCUT2D eigenvalue weighted by Gasteiger charge is -2.41. The zero-order valence-corrected chi connectivity index (χ0v) is 16.2. The quantitative estimate of drug-likeness (QED) is 0.796. The van der Waals surface area contributed by atoms with Crippen LogP contribution in [0.4, 0.5) is 0 Å². The van der Waals surface area contributed by atoms with Crippen LogP contribution in [0, 0.1) is 22.7 Å². The van der Waals surface area contributed by atoms with E-state index in [1.807, 2.05) is 24.0 Å². The lowest BCUT2D eigenvalue weighted by molar-refractivity contribution is -0.156. The van der Waals surface area contributed by atoms with Crippen molar-refractivity contribution < 1.29 is 19.1 Å². The van der Waals surface area contributed by atoms with E-state index in [9.17, 15) is 14.9 Å². The van der Waals surface area contributed by atoms with Crippen molar-refractivity contribution in [1.82, 2.24) is 4.90 Å². The van der Waals surface area contributed by atoms with Crippen LogP contribution in [-0.2, 0) is 20.0 Å². The third kappa shape index (κ3) is 1.80. The Morgan fingerprint density at radius 2 is 2.11 bits per heavy atom. The minimum absolute atomic E-state index is 0.164. The van der Waals surface area contributed by atoms with Crippen LogP contribution in [0.25, 0.3) is 0 Å². The number of rotatable bonds is 4. The lowest BCUT2D eigenvalue weighted by atomic mass is 9.65. The molecule has 1 aromatic carbocycles. The van der Waals surface area contributed by atoms with Gasteiger partial charge in [-0.1, -0.05) is 31.2 Å². The molecule has 3 aliphatic rings. The minimum Gasteiger partial charge on any atom is -0.463 e. The predicted molar refractivity (Wildman–Crippen MR) is 99.4 cm³/mol. The van der Waals surface area contributed by atoms with Gasteiger partial charge in [0.1, 0.15) is 17.6 Å².